The zero-order valence-electron chi connectivity index (χ0n) is 10.2. The van der Waals surface area contributed by atoms with E-state index in [-0.39, 0.29) is 6.04 Å². The largest absolute Gasteiger partial charge is 0.338 e. The van der Waals surface area contributed by atoms with Crippen LogP contribution in [0.1, 0.15) is 58.8 Å². The first-order valence-electron chi connectivity index (χ1n) is 5.29. The van der Waals surface area contributed by atoms with Crippen LogP contribution in [0.4, 0.5) is 0 Å². The van der Waals surface area contributed by atoms with Crippen LogP contribution >= 0.6 is 0 Å². The summed E-state index contributed by atoms with van der Waals surface area (Å²) in [5, 5.41) is 3.62. The molecule has 14 heavy (non-hydrogen) atoms. The van der Waals surface area contributed by atoms with Crippen LogP contribution in [0.3, 0.4) is 0 Å². The van der Waals surface area contributed by atoms with E-state index in [9.17, 15) is 0 Å². The molecule has 1 aromatic heterocycles. The highest BCUT2D eigenvalue weighted by Gasteiger charge is 2.09. The summed E-state index contributed by atoms with van der Waals surface area (Å²) in [6, 6.07) is -0.110. The van der Waals surface area contributed by atoms with Gasteiger partial charge in [-0.1, -0.05) is 39.8 Å². The summed E-state index contributed by atoms with van der Waals surface area (Å²) in [5.74, 6) is 1.17. The molecule has 1 atom stereocenters. The highest BCUT2D eigenvalue weighted by molar-refractivity contribution is 4.88. The minimum absolute atomic E-state index is 0.110. The topological polar surface area (TPSA) is 64.9 Å². The maximum atomic E-state index is 5.61. The van der Waals surface area contributed by atoms with Gasteiger partial charge in [0.25, 0.3) is 0 Å². The van der Waals surface area contributed by atoms with Gasteiger partial charge in [0.2, 0.25) is 5.89 Å². The van der Waals surface area contributed by atoms with Gasteiger partial charge in [-0.05, 0) is 13.3 Å². The van der Waals surface area contributed by atoms with E-state index < -0.39 is 0 Å². The molecule has 4 nitrogen and oxygen atoms in total. The Bertz CT molecular complexity index is 211. The summed E-state index contributed by atoms with van der Waals surface area (Å²) < 4.78 is 4.83. The van der Waals surface area contributed by atoms with Crippen molar-refractivity contribution in [2.75, 3.05) is 0 Å². The lowest BCUT2D eigenvalue weighted by atomic mass is 10.2. The van der Waals surface area contributed by atoms with Crippen molar-refractivity contribution in [2.24, 2.45) is 5.73 Å². The van der Waals surface area contributed by atoms with Crippen molar-refractivity contribution in [2.45, 2.75) is 54.0 Å². The van der Waals surface area contributed by atoms with E-state index in [2.05, 4.69) is 10.1 Å². The second kappa shape index (κ2) is 10.2. The number of aryl methyl sites for hydroxylation is 1. The number of rotatable bonds is 2. The lowest BCUT2D eigenvalue weighted by molar-refractivity contribution is 0.349. The van der Waals surface area contributed by atoms with Gasteiger partial charge in [-0.15, -0.1) is 0 Å². The van der Waals surface area contributed by atoms with Gasteiger partial charge in [-0.3, -0.25) is 0 Å². The van der Waals surface area contributed by atoms with Crippen molar-refractivity contribution in [1.29, 1.82) is 0 Å². The summed E-state index contributed by atoms with van der Waals surface area (Å²) in [4.78, 5) is 3.98. The molecule has 0 amide bonds. The average Bonchev–Trinajstić information content (AvgIpc) is 2.69. The smallest absolute Gasteiger partial charge is 0.243 e. The Hall–Kier alpha value is -0.900. The van der Waals surface area contributed by atoms with Crippen molar-refractivity contribution in [1.82, 2.24) is 10.1 Å². The van der Waals surface area contributed by atoms with Crippen LogP contribution in [0.25, 0.3) is 0 Å². The summed E-state index contributed by atoms with van der Waals surface area (Å²) in [7, 11) is 0. The minimum atomic E-state index is -0.110. The summed E-state index contributed by atoms with van der Waals surface area (Å²) >= 11 is 0. The van der Waals surface area contributed by atoms with E-state index in [1.165, 1.54) is 0 Å². The highest BCUT2D eigenvalue weighted by atomic mass is 16.5. The lowest BCUT2D eigenvalue weighted by Gasteiger charge is -1.98. The average molecular weight is 201 g/mol. The fraction of sp³-hybridized carbons (Fsp3) is 0.800. The van der Waals surface area contributed by atoms with Crippen LogP contribution in [0, 0.1) is 6.92 Å². The van der Waals surface area contributed by atoms with Crippen molar-refractivity contribution in [3.63, 3.8) is 0 Å². The van der Waals surface area contributed by atoms with Crippen LogP contribution in [0.5, 0.6) is 0 Å². The van der Waals surface area contributed by atoms with Crippen LogP contribution in [0.2, 0.25) is 0 Å². The van der Waals surface area contributed by atoms with Crippen LogP contribution < -0.4 is 5.73 Å². The Labute approximate surface area is 86.9 Å². The Morgan fingerprint density at radius 2 is 1.79 bits per heavy atom. The Morgan fingerprint density at radius 1 is 1.29 bits per heavy atom. The molecule has 0 aliphatic carbocycles. The molecule has 0 fully saturated rings. The van der Waals surface area contributed by atoms with Gasteiger partial charge in [-0.2, -0.15) is 4.98 Å². The number of hydrogen-bond donors (Lipinski definition) is 1. The van der Waals surface area contributed by atoms with E-state index in [1.807, 2.05) is 34.6 Å². The quantitative estimate of drug-likeness (QED) is 0.799. The van der Waals surface area contributed by atoms with Crippen molar-refractivity contribution in [3.8, 4) is 0 Å². The molecule has 4 heteroatoms. The van der Waals surface area contributed by atoms with Gasteiger partial charge in [0.1, 0.15) is 0 Å². The zero-order valence-corrected chi connectivity index (χ0v) is 10.2. The first-order valence-corrected chi connectivity index (χ1v) is 5.29. The van der Waals surface area contributed by atoms with Gasteiger partial charge >= 0.3 is 0 Å². The normalized spacial score (nSPS) is 10.5. The maximum absolute atomic E-state index is 5.61. The third kappa shape index (κ3) is 5.70. The molecule has 1 unspecified atom stereocenters. The number of nitrogens with zero attached hydrogens (tertiary/aromatic N) is 2. The fourth-order valence-corrected chi connectivity index (χ4v) is 0.638. The second-order valence-electron chi connectivity index (χ2n) is 2.19. The van der Waals surface area contributed by atoms with E-state index in [1.54, 1.807) is 6.92 Å². The van der Waals surface area contributed by atoms with Gasteiger partial charge in [-0.25, -0.2) is 0 Å². The van der Waals surface area contributed by atoms with Gasteiger partial charge in [0.15, 0.2) is 5.82 Å². The van der Waals surface area contributed by atoms with Crippen LogP contribution in [0.15, 0.2) is 4.52 Å². The third-order valence-electron chi connectivity index (χ3n) is 1.30. The minimum Gasteiger partial charge on any atom is -0.338 e. The Kier molecular flexibility index (Phi) is 11.3. The van der Waals surface area contributed by atoms with Crippen molar-refractivity contribution < 1.29 is 4.52 Å². The second-order valence-corrected chi connectivity index (χ2v) is 2.19. The molecule has 0 radical (unpaired) electrons. The number of nitrogens with two attached hydrogens (primary N) is 1. The van der Waals surface area contributed by atoms with E-state index >= 15 is 0 Å². The van der Waals surface area contributed by atoms with Crippen molar-refractivity contribution >= 4 is 0 Å². The maximum Gasteiger partial charge on any atom is 0.243 e. The van der Waals surface area contributed by atoms with Gasteiger partial charge in [0.05, 0.1) is 6.04 Å². The molecule has 0 saturated carbocycles. The number of hydrogen-bond acceptors (Lipinski definition) is 4. The molecule has 2 N–H and O–H groups in total. The first kappa shape index (κ1) is 15.6. The molecular weight excluding hydrogens is 178 g/mol. The standard InChI is InChI=1S/C6H11N3O.2C2H6/c1-3-5(7)6-8-4(2)9-10-6;2*1-2/h5H,3,7H2,1-2H3;2*1-2H3. The molecule has 0 aromatic carbocycles. The lowest BCUT2D eigenvalue weighted by Crippen LogP contribution is -2.08. The Morgan fingerprint density at radius 3 is 2.07 bits per heavy atom. The fourth-order valence-electron chi connectivity index (χ4n) is 0.638. The zero-order chi connectivity index (χ0) is 11.6. The Balaban J connectivity index is 0. The van der Waals surface area contributed by atoms with Crippen LogP contribution in [-0.2, 0) is 0 Å². The predicted molar refractivity (Wildman–Crippen MR) is 59.0 cm³/mol. The molecule has 1 heterocycles. The molecule has 0 bridgehead atoms. The molecular formula is C10H23N3O. The molecule has 1 rings (SSSR count). The molecule has 0 aliphatic heterocycles. The summed E-state index contributed by atoms with van der Waals surface area (Å²) in [6.07, 6.45) is 0.821. The monoisotopic (exact) mass is 201 g/mol. The van der Waals surface area contributed by atoms with Crippen molar-refractivity contribution in [3.05, 3.63) is 11.7 Å². The van der Waals surface area contributed by atoms with E-state index in [0.717, 1.165) is 6.42 Å². The summed E-state index contributed by atoms with van der Waals surface area (Å²) in [6.45, 7) is 11.7. The first-order chi connectivity index (χ1) is 6.74. The molecule has 84 valence electrons. The van der Waals surface area contributed by atoms with Crippen LogP contribution in [-0.4, -0.2) is 10.1 Å². The van der Waals surface area contributed by atoms with E-state index in [4.69, 9.17) is 10.3 Å². The van der Waals surface area contributed by atoms with E-state index in [0.29, 0.717) is 11.7 Å². The molecule has 1 aromatic rings. The predicted octanol–water partition coefficient (Wildman–Crippen LogP) is 2.84. The molecule has 0 aliphatic rings. The highest BCUT2D eigenvalue weighted by Crippen LogP contribution is 2.09. The third-order valence-corrected chi connectivity index (χ3v) is 1.30. The summed E-state index contributed by atoms with van der Waals surface area (Å²) in [5.41, 5.74) is 5.61. The SMILES string of the molecule is CC.CC.CCC(N)c1nc(C)no1. The number of aromatic nitrogens is 2. The van der Waals surface area contributed by atoms with Gasteiger partial charge < -0.3 is 10.3 Å². The van der Waals surface area contributed by atoms with Gasteiger partial charge in [0, 0.05) is 0 Å². The molecule has 0 spiro atoms. The molecule has 0 saturated heterocycles.